The van der Waals surface area contributed by atoms with Crippen LogP contribution in [-0.2, 0) is 7.05 Å². The number of fused-ring (bicyclic) bond motifs is 1. The smallest absolute Gasteiger partial charge is 0.283 e. The molecule has 0 unspecified atom stereocenters. The summed E-state index contributed by atoms with van der Waals surface area (Å²) in [4.78, 5) is 17.6. The summed E-state index contributed by atoms with van der Waals surface area (Å²) in [6.07, 6.45) is 3.65. The fourth-order valence-electron chi connectivity index (χ4n) is 3.14. The first-order valence-corrected chi connectivity index (χ1v) is 9.88. The van der Waals surface area contributed by atoms with Gasteiger partial charge in [-0.15, -0.1) is 11.3 Å². The highest BCUT2D eigenvalue weighted by Crippen LogP contribution is 2.34. The van der Waals surface area contributed by atoms with E-state index in [9.17, 15) is 4.79 Å². The zero-order chi connectivity index (χ0) is 20.4. The van der Waals surface area contributed by atoms with Gasteiger partial charge in [-0.2, -0.15) is 5.10 Å². The van der Waals surface area contributed by atoms with Gasteiger partial charge in [-0.3, -0.25) is 4.79 Å². The van der Waals surface area contributed by atoms with Crippen LogP contribution in [0.1, 0.15) is 20.9 Å². The molecule has 0 aliphatic carbocycles. The van der Waals surface area contributed by atoms with Crippen LogP contribution in [0.15, 0.2) is 59.8 Å². The van der Waals surface area contributed by atoms with E-state index in [0.717, 1.165) is 32.8 Å². The van der Waals surface area contributed by atoms with E-state index in [2.05, 4.69) is 20.1 Å². The fraction of sp³-hybridized carbons (Fsp3) is 0.136. The van der Waals surface area contributed by atoms with Gasteiger partial charge in [-0.1, -0.05) is 18.2 Å². The number of aromatic nitrogens is 2. The molecule has 146 valence electrons. The largest absolute Gasteiger partial charge is 0.496 e. The molecule has 4 rings (SSSR count). The predicted octanol–water partition coefficient (Wildman–Crippen LogP) is 4.38. The normalized spacial score (nSPS) is 11.3. The summed E-state index contributed by atoms with van der Waals surface area (Å²) in [7, 11) is 3.63. The minimum Gasteiger partial charge on any atom is -0.496 e. The predicted molar refractivity (Wildman–Crippen MR) is 117 cm³/mol. The number of carbonyl (C=O) groups excluding carboxylic acids is 1. The molecule has 1 N–H and O–H groups in total. The number of ether oxygens (including phenoxy) is 1. The summed E-state index contributed by atoms with van der Waals surface area (Å²) in [5, 5.41) is 5.98. The number of benzene rings is 2. The molecule has 0 fully saturated rings. The molecule has 0 saturated carbocycles. The fourth-order valence-corrected chi connectivity index (χ4v) is 4.13. The molecular weight excluding hydrogens is 384 g/mol. The van der Waals surface area contributed by atoms with E-state index in [1.165, 1.54) is 11.3 Å². The number of para-hydroxylation sites is 1. The quantitative estimate of drug-likeness (QED) is 0.396. The van der Waals surface area contributed by atoms with Crippen molar-refractivity contribution in [2.24, 2.45) is 12.1 Å². The van der Waals surface area contributed by atoms with E-state index in [-0.39, 0.29) is 5.91 Å². The summed E-state index contributed by atoms with van der Waals surface area (Å²) in [5.74, 6) is 0.445. The Morgan fingerprint density at radius 1 is 1.24 bits per heavy atom. The molecule has 29 heavy (non-hydrogen) atoms. The van der Waals surface area contributed by atoms with E-state index in [1.54, 1.807) is 13.3 Å². The second kappa shape index (κ2) is 7.89. The number of carbonyl (C=O) groups is 1. The van der Waals surface area contributed by atoms with Crippen LogP contribution in [-0.4, -0.2) is 28.8 Å². The maximum Gasteiger partial charge on any atom is 0.283 e. The van der Waals surface area contributed by atoms with Gasteiger partial charge in [0.2, 0.25) is 0 Å². The lowest BCUT2D eigenvalue weighted by Gasteiger charge is -2.04. The third-order valence-electron chi connectivity index (χ3n) is 4.63. The van der Waals surface area contributed by atoms with Crippen molar-refractivity contribution in [2.45, 2.75) is 6.92 Å². The summed E-state index contributed by atoms with van der Waals surface area (Å²) in [5.41, 5.74) is 6.19. The Kier molecular flexibility index (Phi) is 5.14. The highest BCUT2D eigenvalue weighted by Gasteiger charge is 2.17. The second-order valence-corrected chi connectivity index (χ2v) is 7.58. The molecular formula is C22H20N4O2S. The molecule has 2 aromatic heterocycles. The molecule has 4 aromatic rings. The number of hydrazone groups is 1. The molecule has 2 heterocycles. The number of nitrogens with one attached hydrogen (secondary N) is 1. The van der Waals surface area contributed by atoms with E-state index >= 15 is 0 Å². The molecule has 7 heteroatoms. The molecule has 0 aliphatic heterocycles. The minimum absolute atomic E-state index is 0.279. The molecule has 6 nitrogen and oxygen atoms in total. The van der Waals surface area contributed by atoms with E-state index in [0.29, 0.717) is 10.6 Å². The third-order valence-corrected chi connectivity index (χ3v) is 5.82. The van der Waals surface area contributed by atoms with Gasteiger partial charge in [0.15, 0.2) is 0 Å². The zero-order valence-corrected chi connectivity index (χ0v) is 17.2. The average molecular weight is 404 g/mol. The molecule has 0 saturated heterocycles. The average Bonchev–Trinajstić information content (AvgIpc) is 3.30. The van der Waals surface area contributed by atoms with Gasteiger partial charge < -0.3 is 9.30 Å². The van der Waals surface area contributed by atoms with Crippen molar-refractivity contribution in [3.8, 4) is 16.3 Å². The Labute approximate surface area is 172 Å². The van der Waals surface area contributed by atoms with Crippen LogP contribution in [0.4, 0.5) is 0 Å². The van der Waals surface area contributed by atoms with Crippen LogP contribution < -0.4 is 10.2 Å². The standard InChI is InChI=1S/C22H20N4O2S/c1-14-20(29-22(24-14)17-6-4-5-7-19(17)28-3)21(27)25-23-13-15-8-9-18-16(12-15)10-11-26(18)2/h4-13H,1-3H3,(H,25,27). The maximum absolute atomic E-state index is 12.6. The monoisotopic (exact) mass is 404 g/mol. The van der Waals surface area contributed by atoms with Gasteiger partial charge >= 0.3 is 0 Å². The summed E-state index contributed by atoms with van der Waals surface area (Å²) in [6, 6.07) is 15.7. The SMILES string of the molecule is COc1ccccc1-c1nc(C)c(C(=O)NN=Cc2ccc3c(ccn3C)c2)s1. The number of aryl methyl sites for hydroxylation is 2. The Morgan fingerprint density at radius 2 is 2.07 bits per heavy atom. The highest BCUT2D eigenvalue weighted by atomic mass is 32.1. The lowest BCUT2D eigenvalue weighted by atomic mass is 10.2. The Morgan fingerprint density at radius 3 is 2.90 bits per heavy atom. The van der Waals surface area contributed by atoms with Crippen molar-refractivity contribution in [1.82, 2.24) is 15.0 Å². The number of hydrogen-bond acceptors (Lipinski definition) is 5. The van der Waals surface area contributed by atoms with Crippen molar-refractivity contribution < 1.29 is 9.53 Å². The van der Waals surface area contributed by atoms with Gasteiger partial charge in [-0.25, -0.2) is 10.4 Å². The number of thiazole rings is 1. The number of amides is 1. The summed E-state index contributed by atoms with van der Waals surface area (Å²) < 4.78 is 7.46. The second-order valence-electron chi connectivity index (χ2n) is 6.58. The van der Waals surface area contributed by atoms with Crippen molar-refractivity contribution in [3.63, 3.8) is 0 Å². The van der Waals surface area contributed by atoms with Crippen LogP contribution in [0.2, 0.25) is 0 Å². The Hall–Kier alpha value is -3.45. The van der Waals surface area contributed by atoms with Crippen LogP contribution in [0, 0.1) is 6.92 Å². The number of hydrogen-bond donors (Lipinski definition) is 1. The van der Waals surface area contributed by atoms with Crippen LogP contribution in [0.5, 0.6) is 5.75 Å². The number of methoxy groups -OCH3 is 1. The van der Waals surface area contributed by atoms with Crippen LogP contribution >= 0.6 is 11.3 Å². The van der Waals surface area contributed by atoms with E-state index in [4.69, 9.17) is 4.74 Å². The van der Waals surface area contributed by atoms with Crippen molar-refractivity contribution >= 4 is 34.4 Å². The van der Waals surface area contributed by atoms with Gasteiger partial charge in [0, 0.05) is 24.1 Å². The molecule has 0 bridgehead atoms. The zero-order valence-electron chi connectivity index (χ0n) is 16.3. The van der Waals surface area contributed by atoms with Gasteiger partial charge in [-0.05, 0) is 42.8 Å². The van der Waals surface area contributed by atoms with Gasteiger partial charge in [0.05, 0.1) is 24.6 Å². The molecule has 0 aliphatic rings. The van der Waals surface area contributed by atoms with E-state index in [1.807, 2.05) is 68.7 Å². The summed E-state index contributed by atoms with van der Waals surface area (Å²) in [6.45, 7) is 1.82. The van der Waals surface area contributed by atoms with Gasteiger partial charge in [0.1, 0.15) is 15.6 Å². The third kappa shape index (κ3) is 3.77. The van der Waals surface area contributed by atoms with Crippen molar-refractivity contribution in [2.75, 3.05) is 7.11 Å². The summed E-state index contributed by atoms with van der Waals surface area (Å²) >= 11 is 1.32. The molecule has 0 atom stereocenters. The first-order valence-electron chi connectivity index (χ1n) is 9.06. The van der Waals surface area contributed by atoms with Crippen LogP contribution in [0.25, 0.3) is 21.5 Å². The Bertz CT molecular complexity index is 1220. The topological polar surface area (TPSA) is 68.5 Å². The minimum atomic E-state index is -0.279. The van der Waals surface area contributed by atoms with Gasteiger partial charge in [0.25, 0.3) is 5.91 Å². The maximum atomic E-state index is 12.6. The highest BCUT2D eigenvalue weighted by molar-refractivity contribution is 7.17. The van der Waals surface area contributed by atoms with Crippen molar-refractivity contribution in [1.29, 1.82) is 0 Å². The lowest BCUT2D eigenvalue weighted by molar-refractivity contribution is 0.0958. The number of rotatable bonds is 5. The molecule has 0 spiro atoms. The van der Waals surface area contributed by atoms with Crippen molar-refractivity contribution in [3.05, 3.63) is 70.9 Å². The number of nitrogens with zero attached hydrogens (tertiary/aromatic N) is 3. The first-order chi connectivity index (χ1) is 14.1. The molecule has 1 amide bonds. The molecule has 2 aromatic carbocycles. The van der Waals surface area contributed by atoms with Crippen LogP contribution in [0.3, 0.4) is 0 Å². The van der Waals surface area contributed by atoms with E-state index < -0.39 is 0 Å². The molecule has 0 radical (unpaired) electrons. The first kappa shape index (κ1) is 18.9. The Balaban J connectivity index is 1.51. The lowest BCUT2D eigenvalue weighted by Crippen LogP contribution is -2.17.